The maximum absolute atomic E-state index is 5.68. The largest absolute Gasteiger partial charge is 0.271 e. The van der Waals surface area contributed by atoms with Crippen molar-refractivity contribution in [3.8, 4) is 0 Å². The number of aromatic nitrogens is 1. The lowest BCUT2D eigenvalue weighted by Crippen LogP contribution is -2.30. The number of nitrogens with two attached hydrogens (primary N) is 1. The molecular formula is C14H16BrN3. The molecule has 0 bridgehead atoms. The molecule has 1 unspecified atom stereocenters. The smallest absolute Gasteiger partial charge is 0.0518 e. The highest BCUT2D eigenvalue weighted by Crippen LogP contribution is 2.26. The molecule has 2 aromatic rings. The van der Waals surface area contributed by atoms with Gasteiger partial charge in [-0.1, -0.05) is 34.1 Å². The van der Waals surface area contributed by atoms with Gasteiger partial charge in [-0.05, 0) is 36.2 Å². The lowest BCUT2D eigenvalue weighted by atomic mass is 9.98. The zero-order valence-electron chi connectivity index (χ0n) is 10.2. The minimum Gasteiger partial charge on any atom is -0.271 e. The number of hydrogen-bond acceptors (Lipinski definition) is 3. The summed E-state index contributed by atoms with van der Waals surface area (Å²) in [6.07, 6.45) is 2.57. The van der Waals surface area contributed by atoms with Gasteiger partial charge in [0, 0.05) is 22.8 Å². The first kappa shape index (κ1) is 13.2. The van der Waals surface area contributed by atoms with Crippen LogP contribution in [0.5, 0.6) is 0 Å². The summed E-state index contributed by atoms with van der Waals surface area (Å²) in [6, 6.07) is 12.1. The average molecular weight is 306 g/mol. The van der Waals surface area contributed by atoms with E-state index in [1.807, 2.05) is 30.3 Å². The highest BCUT2D eigenvalue weighted by Gasteiger charge is 2.14. The fourth-order valence-corrected chi connectivity index (χ4v) is 2.37. The molecule has 3 nitrogen and oxygen atoms in total. The van der Waals surface area contributed by atoms with Crippen LogP contribution in [-0.2, 0) is 6.42 Å². The number of hydrogen-bond donors (Lipinski definition) is 2. The number of nitrogens with one attached hydrogen (secondary N) is 1. The zero-order valence-corrected chi connectivity index (χ0v) is 11.8. The van der Waals surface area contributed by atoms with Crippen LogP contribution >= 0.6 is 15.9 Å². The van der Waals surface area contributed by atoms with Crippen LogP contribution in [0.1, 0.15) is 22.9 Å². The zero-order chi connectivity index (χ0) is 13.0. The monoisotopic (exact) mass is 305 g/mol. The first-order valence-corrected chi connectivity index (χ1v) is 6.62. The van der Waals surface area contributed by atoms with Crippen molar-refractivity contribution in [2.75, 3.05) is 0 Å². The van der Waals surface area contributed by atoms with Gasteiger partial charge in [-0.2, -0.15) is 0 Å². The van der Waals surface area contributed by atoms with E-state index in [1.54, 1.807) is 6.20 Å². The van der Waals surface area contributed by atoms with E-state index in [9.17, 15) is 0 Å². The van der Waals surface area contributed by atoms with Crippen molar-refractivity contribution in [3.05, 3.63) is 63.9 Å². The van der Waals surface area contributed by atoms with Crippen LogP contribution in [0.2, 0.25) is 0 Å². The third-order valence-corrected chi connectivity index (χ3v) is 3.88. The van der Waals surface area contributed by atoms with Gasteiger partial charge in [0.2, 0.25) is 0 Å². The predicted molar refractivity (Wildman–Crippen MR) is 76.9 cm³/mol. The van der Waals surface area contributed by atoms with Gasteiger partial charge in [0.1, 0.15) is 0 Å². The number of hydrazine groups is 1. The minimum absolute atomic E-state index is 0.0670. The van der Waals surface area contributed by atoms with Crippen molar-refractivity contribution in [1.29, 1.82) is 0 Å². The van der Waals surface area contributed by atoms with Gasteiger partial charge >= 0.3 is 0 Å². The van der Waals surface area contributed by atoms with Crippen molar-refractivity contribution in [3.63, 3.8) is 0 Å². The molecule has 1 aromatic carbocycles. The predicted octanol–water partition coefficient (Wildman–Crippen LogP) is 2.90. The summed E-state index contributed by atoms with van der Waals surface area (Å²) in [5.41, 5.74) is 6.30. The number of halogens is 1. The van der Waals surface area contributed by atoms with Crippen molar-refractivity contribution < 1.29 is 0 Å². The molecule has 0 aliphatic rings. The molecular weight excluding hydrogens is 290 g/mol. The molecule has 4 heteroatoms. The topological polar surface area (TPSA) is 50.9 Å². The summed E-state index contributed by atoms with van der Waals surface area (Å²) in [7, 11) is 0. The van der Waals surface area contributed by atoms with Crippen molar-refractivity contribution in [2.24, 2.45) is 5.84 Å². The quantitative estimate of drug-likeness (QED) is 0.674. The van der Waals surface area contributed by atoms with Crippen molar-refractivity contribution in [1.82, 2.24) is 10.4 Å². The highest BCUT2D eigenvalue weighted by molar-refractivity contribution is 9.10. The Morgan fingerprint density at radius 2 is 2.11 bits per heavy atom. The summed E-state index contributed by atoms with van der Waals surface area (Å²) in [6.45, 7) is 2.09. The maximum atomic E-state index is 5.68. The molecule has 0 spiro atoms. The van der Waals surface area contributed by atoms with E-state index in [4.69, 9.17) is 5.84 Å². The maximum Gasteiger partial charge on any atom is 0.0518 e. The van der Waals surface area contributed by atoms with E-state index in [2.05, 4.69) is 39.3 Å². The Labute approximate surface area is 116 Å². The van der Waals surface area contributed by atoms with Gasteiger partial charge in [-0.15, -0.1) is 0 Å². The van der Waals surface area contributed by atoms with Crippen LogP contribution in [0, 0.1) is 6.92 Å². The lowest BCUT2D eigenvalue weighted by Gasteiger charge is -2.19. The Kier molecular flexibility index (Phi) is 4.47. The van der Waals surface area contributed by atoms with Gasteiger partial charge in [-0.3, -0.25) is 16.3 Å². The highest BCUT2D eigenvalue weighted by atomic mass is 79.9. The Balaban J connectivity index is 2.26. The molecule has 0 saturated heterocycles. The van der Waals surface area contributed by atoms with Crippen LogP contribution < -0.4 is 11.3 Å². The van der Waals surface area contributed by atoms with Crippen molar-refractivity contribution >= 4 is 15.9 Å². The first-order chi connectivity index (χ1) is 8.72. The Morgan fingerprint density at radius 3 is 2.78 bits per heavy atom. The molecule has 1 aromatic heterocycles. The molecule has 0 saturated carbocycles. The summed E-state index contributed by atoms with van der Waals surface area (Å²) in [5.74, 6) is 5.68. The summed E-state index contributed by atoms with van der Waals surface area (Å²) < 4.78 is 1.10. The Hall–Kier alpha value is -1.23. The van der Waals surface area contributed by atoms with E-state index in [0.29, 0.717) is 0 Å². The van der Waals surface area contributed by atoms with Crippen LogP contribution in [0.15, 0.2) is 47.1 Å². The van der Waals surface area contributed by atoms with Gasteiger partial charge in [0.05, 0.1) is 6.04 Å². The molecule has 0 aliphatic carbocycles. The third kappa shape index (κ3) is 2.96. The van der Waals surface area contributed by atoms with E-state index >= 15 is 0 Å². The Morgan fingerprint density at radius 1 is 1.28 bits per heavy atom. The first-order valence-electron chi connectivity index (χ1n) is 5.83. The van der Waals surface area contributed by atoms with E-state index in [1.165, 1.54) is 11.1 Å². The van der Waals surface area contributed by atoms with E-state index < -0.39 is 0 Å². The van der Waals surface area contributed by atoms with Crippen LogP contribution in [0.25, 0.3) is 0 Å². The minimum atomic E-state index is 0.0670. The average Bonchev–Trinajstić information content (AvgIpc) is 2.41. The fourth-order valence-electron chi connectivity index (χ4n) is 1.99. The fraction of sp³-hybridized carbons (Fsp3) is 0.214. The molecule has 2 rings (SSSR count). The molecule has 1 heterocycles. The molecule has 94 valence electrons. The third-order valence-electron chi connectivity index (χ3n) is 3.03. The van der Waals surface area contributed by atoms with E-state index in [0.717, 1.165) is 16.6 Å². The van der Waals surface area contributed by atoms with Crippen molar-refractivity contribution in [2.45, 2.75) is 19.4 Å². The number of pyridine rings is 1. The number of nitrogens with zero attached hydrogens (tertiary/aromatic N) is 1. The van der Waals surface area contributed by atoms with Gasteiger partial charge in [0.25, 0.3) is 0 Å². The molecule has 0 radical (unpaired) electrons. The molecule has 1 atom stereocenters. The number of rotatable bonds is 4. The molecule has 0 fully saturated rings. The van der Waals surface area contributed by atoms with Crippen LogP contribution in [0.3, 0.4) is 0 Å². The summed E-state index contributed by atoms with van der Waals surface area (Å²) in [5, 5.41) is 0. The normalized spacial score (nSPS) is 12.4. The molecule has 3 N–H and O–H groups in total. The standard InChI is InChI=1S/C14H16BrN3/c1-10-12(6-4-7-13(10)15)14(18-16)9-11-5-2-3-8-17-11/h2-8,14,18H,9,16H2,1H3. The summed E-state index contributed by atoms with van der Waals surface area (Å²) in [4.78, 5) is 4.34. The summed E-state index contributed by atoms with van der Waals surface area (Å²) >= 11 is 3.54. The van der Waals surface area contributed by atoms with E-state index in [-0.39, 0.29) is 6.04 Å². The second-order valence-electron chi connectivity index (χ2n) is 4.20. The molecule has 0 amide bonds. The second kappa shape index (κ2) is 6.09. The SMILES string of the molecule is Cc1c(Br)cccc1C(Cc1ccccn1)NN. The molecule has 18 heavy (non-hydrogen) atoms. The lowest BCUT2D eigenvalue weighted by molar-refractivity contribution is 0.543. The van der Waals surface area contributed by atoms with Gasteiger partial charge in [0.15, 0.2) is 0 Å². The number of benzene rings is 1. The second-order valence-corrected chi connectivity index (χ2v) is 5.05. The van der Waals surface area contributed by atoms with Gasteiger partial charge in [-0.25, -0.2) is 0 Å². The molecule has 0 aliphatic heterocycles. The van der Waals surface area contributed by atoms with Crippen LogP contribution in [0.4, 0.5) is 0 Å². The van der Waals surface area contributed by atoms with Crippen LogP contribution in [-0.4, -0.2) is 4.98 Å². The Bertz CT molecular complexity index is 514. The van der Waals surface area contributed by atoms with Gasteiger partial charge < -0.3 is 0 Å².